The number of hydrogen-bond donors (Lipinski definition) is 0. The van der Waals surface area contributed by atoms with Gasteiger partial charge in [-0.2, -0.15) is 0 Å². The number of carbonyl (C=O) groups is 1. The third-order valence-electron chi connectivity index (χ3n) is 3.50. The molecule has 2 aromatic heterocycles. The van der Waals surface area contributed by atoms with Gasteiger partial charge in [0.25, 0.3) is 0 Å². The van der Waals surface area contributed by atoms with Crippen LogP contribution in [0.25, 0.3) is 0 Å². The Morgan fingerprint density at radius 1 is 1.04 bits per heavy atom. The maximum absolute atomic E-state index is 11.3. The van der Waals surface area contributed by atoms with Gasteiger partial charge in [0.15, 0.2) is 5.82 Å². The summed E-state index contributed by atoms with van der Waals surface area (Å²) >= 11 is 0. The molecule has 0 aliphatic heterocycles. The molecule has 0 aliphatic carbocycles. The van der Waals surface area contributed by atoms with Crippen molar-refractivity contribution in [3.05, 3.63) is 37.3 Å². The van der Waals surface area contributed by atoms with E-state index < -0.39 is 0 Å². The van der Waals surface area contributed by atoms with Crippen molar-refractivity contribution in [3.63, 3.8) is 0 Å². The normalized spacial score (nSPS) is 10.4. The van der Waals surface area contributed by atoms with E-state index in [1.165, 1.54) is 6.33 Å². The van der Waals surface area contributed by atoms with Gasteiger partial charge in [-0.15, -0.1) is 0 Å². The highest BCUT2D eigenvalue weighted by Gasteiger charge is 2.11. The van der Waals surface area contributed by atoms with E-state index in [0.717, 1.165) is 43.7 Å². The van der Waals surface area contributed by atoms with Crippen LogP contribution in [0.15, 0.2) is 37.3 Å². The average molecular weight is 329 g/mol. The SMILES string of the molecule is CCOC(=O)CCCCCCN(c1cncnc1)c1cnccn1. The lowest BCUT2D eigenvalue weighted by Crippen LogP contribution is -2.20. The van der Waals surface area contributed by atoms with Gasteiger partial charge in [-0.05, 0) is 19.8 Å². The van der Waals surface area contributed by atoms with Crippen LogP contribution in [0.5, 0.6) is 0 Å². The Balaban J connectivity index is 1.81. The fraction of sp³-hybridized carbons (Fsp3) is 0.471. The van der Waals surface area contributed by atoms with E-state index in [2.05, 4.69) is 24.8 Å². The number of hydrogen-bond acceptors (Lipinski definition) is 7. The van der Waals surface area contributed by atoms with Crippen molar-refractivity contribution in [2.24, 2.45) is 0 Å². The molecule has 2 rings (SSSR count). The largest absolute Gasteiger partial charge is 0.466 e. The van der Waals surface area contributed by atoms with Gasteiger partial charge in [0, 0.05) is 25.4 Å². The molecule has 24 heavy (non-hydrogen) atoms. The molecule has 0 amide bonds. The summed E-state index contributed by atoms with van der Waals surface area (Å²) in [6.07, 6.45) is 14.5. The van der Waals surface area contributed by atoms with Crippen molar-refractivity contribution >= 4 is 17.5 Å². The second-order valence-corrected chi connectivity index (χ2v) is 5.28. The number of nitrogens with zero attached hydrogens (tertiary/aromatic N) is 5. The Bertz CT molecular complexity index is 555. The van der Waals surface area contributed by atoms with Crippen LogP contribution in [0, 0.1) is 0 Å². The van der Waals surface area contributed by atoms with Crippen LogP contribution in [0.1, 0.15) is 39.0 Å². The zero-order valence-corrected chi connectivity index (χ0v) is 14.0. The molecule has 7 heteroatoms. The molecular weight excluding hydrogens is 306 g/mol. The fourth-order valence-corrected chi connectivity index (χ4v) is 2.36. The summed E-state index contributed by atoms with van der Waals surface area (Å²) in [6.45, 7) is 3.07. The van der Waals surface area contributed by atoms with E-state index in [1.807, 2.05) is 6.92 Å². The Labute approximate surface area is 142 Å². The molecule has 0 unspecified atom stereocenters. The number of carbonyl (C=O) groups excluding carboxylic acids is 1. The van der Waals surface area contributed by atoms with E-state index in [9.17, 15) is 4.79 Å². The molecule has 0 saturated heterocycles. The van der Waals surface area contributed by atoms with Crippen LogP contribution in [0.3, 0.4) is 0 Å². The zero-order valence-electron chi connectivity index (χ0n) is 14.0. The van der Waals surface area contributed by atoms with Crippen molar-refractivity contribution in [1.29, 1.82) is 0 Å². The standard InChI is InChI=1S/C17H23N5O2/c1-2-24-17(23)7-5-3-4-6-10-22(15-11-19-14-20-12-15)16-13-18-8-9-21-16/h8-9,11-14H,2-7,10H2,1H3. The van der Waals surface area contributed by atoms with Gasteiger partial charge in [-0.25, -0.2) is 15.0 Å². The lowest BCUT2D eigenvalue weighted by Gasteiger charge is -2.22. The molecule has 0 aromatic carbocycles. The minimum absolute atomic E-state index is 0.111. The van der Waals surface area contributed by atoms with Gasteiger partial charge in [0.2, 0.25) is 0 Å². The summed E-state index contributed by atoms with van der Waals surface area (Å²) in [5.41, 5.74) is 0.893. The lowest BCUT2D eigenvalue weighted by atomic mass is 10.1. The molecule has 0 fully saturated rings. The first-order valence-corrected chi connectivity index (χ1v) is 8.25. The second kappa shape index (κ2) is 10.3. The maximum atomic E-state index is 11.3. The van der Waals surface area contributed by atoms with Gasteiger partial charge in [-0.1, -0.05) is 12.8 Å². The van der Waals surface area contributed by atoms with E-state index >= 15 is 0 Å². The molecular formula is C17H23N5O2. The zero-order chi connectivity index (χ0) is 17.0. The summed E-state index contributed by atoms with van der Waals surface area (Å²) in [5.74, 6) is 0.666. The maximum Gasteiger partial charge on any atom is 0.305 e. The summed E-state index contributed by atoms with van der Waals surface area (Å²) in [6, 6.07) is 0. The minimum atomic E-state index is -0.111. The molecule has 0 atom stereocenters. The fourth-order valence-electron chi connectivity index (χ4n) is 2.36. The van der Waals surface area contributed by atoms with E-state index in [-0.39, 0.29) is 5.97 Å². The van der Waals surface area contributed by atoms with Gasteiger partial charge in [0.05, 0.1) is 30.9 Å². The lowest BCUT2D eigenvalue weighted by molar-refractivity contribution is -0.143. The highest BCUT2D eigenvalue weighted by molar-refractivity contribution is 5.69. The summed E-state index contributed by atoms with van der Waals surface area (Å²) in [4.78, 5) is 30.0. The monoisotopic (exact) mass is 329 g/mol. The van der Waals surface area contributed by atoms with Gasteiger partial charge in [0.1, 0.15) is 6.33 Å². The van der Waals surface area contributed by atoms with Crippen LogP contribution < -0.4 is 4.90 Å². The molecule has 128 valence electrons. The molecule has 0 bridgehead atoms. The molecule has 0 N–H and O–H groups in total. The minimum Gasteiger partial charge on any atom is -0.466 e. The van der Waals surface area contributed by atoms with Crippen LogP contribution in [0.2, 0.25) is 0 Å². The number of aromatic nitrogens is 4. The first-order valence-electron chi connectivity index (χ1n) is 8.25. The van der Waals surface area contributed by atoms with Crippen molar-refractivity contribution in [3.8, 4) is 0 Å². The highest BCUT2D eigenvalue weighted by Crippen LogP contribution is 2.21. The molecule has 2 aromatic rings. The molecule has 0 saturated carbocycles. The smallest absolute Gasteiger partial charge is 0.305 e. The van der Waals surface area contributed by atoms with E-state index in [4.69, 9.17) is 4.74 Å². The molecule has 7 nitrogen and oxygen atoms in total. The van der Waals surface area contributed by atoms with Crippen molar-refractivity contribution < 1.29 is 9.53 Å². The Morgan fingerprint density at radius 2 is 1.83 bits per heavy atom. The number of rotatable bonds is 10. The Morgan fingerprint density at radius 3 is 2.54 bits per heavy atom. The van der Waals surface area contributed by atoms with Crippen LogP contribution in [0.4, 0.5) is 11.5 Å². The third-order valence-corrected chi connectivity index (χ3v) is 3.50. The summed E-state index contributed by atoms with van der Waals surface area (Å²) < 4.78 is 4.93. The third kappa shape index (κ3) is 5.91. The van der Waals surface area contributed by atoms with Crippen molar-refractivity contribution in [1.82, 2.24) is 19.9 Å². The van der Waals surface area contributed by atoms with Crippen LogP contribution in [-0.4, -0.2) is 39.1 Å². The van der Waals surface area contributed by atoms with Gasteiger partial charge >= 0.3 is 5.97 Å². The van der Waals surface area contributed by atoms with Crippen molar-refractivity contribution in [2.45, 2.75) is 39.0 Å². The summed E-state index contributed by atoms with van der Waals surface area (Å²) in [7, 11) is 0. The van der Waals surface area contributed by atoms with Crippen LogP contribution >= 0.6 is 0 Å². The van der Waals surface area contributed by atoms with E-state index in [1.54, 1.807) is 31.0 Å². The number of anilines is 2. The quantitative estimate of drug-likeness (QED) is 0.489. The second-order valence-electron chi connectivity index (χ2n) is 5.28. The summed E-state index contributed by atoms with van der Waals surface area (Å²) in [5, 5.41) is 0. The number of unbranched alkanes of at least 4 members (excludes halogenated alkanes) is 3. The van der Waals surface area contributed by atoms with Crippen LogP contribution in [-0.2, 0) is 9.53 Å². The predicted molar refractivity (Wildman–Crippen MR) is 90.8 cm³/mol. The Hall–Kier alpha value is -2.57. The molecule has 2 heterocycles. The predicted octanol–water partition coefficient (Wildman–Crippen LogP) is 2.92. The Kier molecular flexibility index (Phi) is 7.59. The van der Waals surface area contributed by atoms with Gasteiger partial charge in [-0.3, -0.25) is 9.78 Å². The highest BCUT2D eigenvalue weighted by atomic mass is 16.5. The first-order chi connectivity index (χ1) is 11.8. The molecule has 0 radical (unpaired) electrons. The number of esters is 1. The van der Waals surface area contributed by atoms with E-state index in [0.29, 0.717) is 13.0 Å². The molecule has 0 aliphatic rings. The average Bonchev–Trinajstić information content (AvgIpc) is 2.63. The topological polar surface area (TPSA) is 81.1 Å². The molecule has 0 spiro atoms. The number of ether oxygens (including phenoxy) is 1. The van der Waals surface area contributed by atoms with Crippen molar-refractivity contribution in [2.75, 3.05) is 18.1 Å². The van der Waals surface area contributed by atoms with Gasteiger partial charge < -0.3 is 9.64 Å². The first kappa shape index (κ1) is 17.8.